The lowest BCUT2D eigenvalue weighted by Crippen LogP contribution is -2.48. The molecule has 4 N–H and O–H groups in total. The van der Waals surface area contributed by atoms with Crippen molar-refractivity contribution in [2.24, 2.45) is 5.73 Å². The first-order valence-electron chi connectivity index (χ1n) is 11.4. The number of carbonyl (C=O) groups is 1. The predicted molar refractivity (Wildman–Crippen MR) is 132 cm³/mol. The van der Waals surface area contributed by atoms with Crippen molar-refractivity contribution in [3.8, 4) is 5.75 Å². The van der Waals surface area contributed by atoms with Crippen molar-refractivity contribution in [2.75, 3.05) is 6.61 Å². The molecule has 0 aliphatic heterocycles. The summed E-state index contributed by atoms with van der Waals surface area (Å²) in [7, 11) is 0. The highest BCUT2D eigenvalue weighted by Crippen LogP contribution is 2.22. The molecule has 3 aromatic carbocycles. The van der Waals surface area contributed by atoms with Crippen molar-refractivity contribution in [2.45, 2.75) is 51.3 Å². The van der Waals surface area contributed by atoms with Crippen LogP contribution in [0.25, 0.3) is 0 Å². The SMILES string of the molecule is Cc1cccc(C)c1OCC(=O)N[C@@H](Cc1ccccc1)C(O)C[C@@H](N)Cc1ccccc1. The number of nitrogens with one attached hydrogen (secondary N) is 1. The molecule has 0 fully saturated rings. The fraction of sp³-hybridized carbons (Fsp3) is 0.321. The van der Waals surface area contributed by atoms with Crippen LogP contribution in [0.15, 0.2) is 78.9 Å². The molecule has 5 nitrogen and oxygen atoms in total. The van der Waals surface area contributed by atoms with E-state index in [1.165, 1.54) is 0 Å². The zero-order valence-electron chi connectivity index (χ0n) is 19.4. The highest BCUT2D eigenvalue weighted by Gasteiger charge is 2.24. The van der Waals surface area contributed by atoms with Crippen LogP contribution in [0.2, 0.25) is 0 Å². The minimum absolute atomic E-state index is 0.111. The maximum atomic E-state index is 12.7. The summed E-state index contributed by atoms with van der Waals surface area (Å²) in [5.41, 5.74) is 10.5. The number of aryl methyl sites for hydroxylation is 2. The lowest BCUT2D eigenvalue weighted by molar-refractivity contribution is -0.124. The summed E-state index contributed by atoms with van der Waals surface area (Å²) in [6, 6.07) is 25.0. The number of carbonyl (C=O) groups excluding carboxylic acids is 1. The van der Waals surface area contributed by atoms with Crippen LogP contribution in [0.3, 0.4) is 0 Å². The lowest BCUT2D eigenvalue weighted by Gasteiger charge is -2.27. The molecule has 0 radical (unpaired) electrons. The molecule has 174 valence electrons. The second-order valence-corrected chi connectivity index (χ2v) is 8.63. The Morgan fingerprint density at radius 1 is 0.879 bits per heavy atom. The van der Waals surface area contributed by atoms with Crippen molar-refractivity contribution < 1.29 is 14.6 Å². The van der Waals surface area contributed by atoms with Crippen LogP contribution >= 0.6 is 0 Å². The van der Waals surface area contributed by atoms with Crippen molar-refractivity contribution in [3.63, 3.8) is 0 Å². The topological polar surface area (TPSA) is 84.6 Å². The number of rotatable bonds is 11. The smallest absolute Gasteiger partial charge is 0.258 e. The summed E-state index contributed by atoms with van der Waals surface area (Å²) in [5.74, 6) is 0.451. The van der Waals surface area contributed by atoms with E-state index >= 15 is 0 Å². The van der Waals surface area contributed by atoms with Gasteiger partial charge in [0.1, 0.15) is 5.75 Å². The van der Waals surface area contributed by atoms with E-state index in [-0.39, 0.29) is 18.6 Å². The van der Waals surface area contributed by atoms with E-state index in [1.807, 2.05) is 92.7 Å². The zero-order chi connectivity index (χ0) is 23.6. The monoisotopic (exact) mass is 446 g/mol. The summed E-state index contributed by atoms with van der Waals surface area (Å²) < 4.78 is 5.80. The van der Waals surface area contributed by atoms with Gasteiger partial charge in [0.15, 0.2) is 6.61 Å². The van der Waals surface area contributed by atoms with Crippen molar-refractivity contribution in [1.82, 2.24) is 5.32 Å². The van der Waals surface area contributed by atoms with Gasteiger partial charge in [-0.15, -0.1) is 0 Å². The maximum absolute atomic E-state index is 12.7. The van der Waals surface area contributed by atoms with Crippen molar-refractivity contribution in [1.29, 1.82) is 0 Å². The maximum Gasteiger partial charge on any atom is 0.258 e. The summed E-state index contributed by atoms with van der Waals surface area (Å²) in [4.78, 5) is 12.7. The van der Waals surface area contributed by atoms with Crippen LogP contribution in [0.4, 0.5) is 0 Å². The van der Waals surface area contributed by atoms with Gasteiger partial charge in [-0.25, -0.2) is 0 Å². The highest BCUT2D eigenvalue weighted by atomic mass is 16.5. The van der Waals surface area contributed by atoms with E-state index < -0.39 is 12.1 Å². The molecule has 1 unspecified atom stereocenters. The Morgan fingerprint density at radius 3 is 2.00 bits per heavy atom. The van der Waals surface area contributed by atoms with Gasteiger partial charge in [0.2, 0.25) is 0 Å². The molecule has 0 aliphatic rings. The zero-order valence-corrected chi connectivity index (χ0v) is 19.4. The Morgan fingerprint density at radius 2 is 1.42 bits per heavy atom. The highest BCUT2D eigenvalue weighted by molar-refractivity contribution is 5.78. The Balaban J connectivity index is 1.63. The minimum atomic E-state index is -0.784. The number of ether oxygens (including phenoxy) is 1. The molecular formula is C28H34N2O3. The van der Waals surface area contributed by atoms with Gasteiger partial charge in [-0.05, 0) is 55.4 Å². The van der Waals surface area contributed by atoms with Gasteiger partial charge in [-0.2, -0.15) is 0 Å². The molecule has 33 heavy (non-hydrogen) atoms. The van der Waals surface area contributed by atoms with Gasteiger partial charge in [0.05, 0.1) is 12.1 Å². The van der Waals surface area contributed by atoms with Crippen LogP contribution in [-0.2, 0) is 17.6 Å². The first-order valence-corrected chi connectivity index (χ1v) is 11.4. The Labute approximate surface area is 196 Å². The first kappa shape index (κ1) is 24.5. The second-order valence-electron chi connectivity index (χ2n) is 8.63. The van der Waals surface area contributed by atoms with Crippen LogP contribution < -0.4 is 15.8 Å². The largest absolute Gasteiger partial charge is 0.483 e. The molecule has 3 atom stereocenters. The summed E-state index contributed by atoms with van der Waals surface area (Å²) in [5, 5.41) is 14.0. The molecule has 3 aromatic rings. The Bertz CT molecular complexity index is 988. The number of aliphatic hydroxyl groups is 1. The fourth-order valence-electron chi connectivity index (χ4n) is 4.04. The number of hydrogen-bond acceptors (Lipinski definition) is 4. The van der Waals surface area contributed by atoms with E-state index in [2.05, 4.69) is 5.32 Å². The quantitative estimate of drug-likeness (QED) is 0.419. The van der Waals surface area contributed by atoms with Gasteiger partial charge in [-0.3, -0.25) is 4.79 Å². The number of benzene rings is 3. The number of aliphatic hydroxyl groups excluding tert-OH is 1. The number of amides is 1. The van der Waals surface area contributed by atoms with Crippen LogP contribution in [0.1, 0.15) is 28.7 Å². The average Bonchev–Trinajstić information content (AvgIpc) is 2.79. The minimum Gasteiger partial charge on any atom is -0.483 e. The average molecular weight is 447 g/mol. The van der Waals surface area contributed by atoms with E-state index in [4.69, 9.17) is 10.5 Å². The van der Waals surface area contributed by atoms with E-state index in [9.17, 15) is 9.90 Å². The third-order valence-corrected chi connectivity index (χ3v) is 5.75. The summed E-state index contributed by atoms with van der Waals surface area (Å²) in [6.45, 7) is 3.80. The van der Waals surface area contributed by atoms with Crippen LogP contribution in [0.5, 0.6) is 5.75 Å². The van der Waals surface area contributed by atoms with Gasteiger partial charge in [0.25, 0.3) is 5.91 Å². The molecule has 0 aliphatic carbocycles. The molecule has 1 amide bonds. The summed E-state index contributed by atoms with van der Waals surface area (Å²) >= 11 is 0. The van der Waals surface area contributed by atoms with E-state index in [0.717, 1.165) is 28.0 Å². The van der Waals surface area contributed by atoms with Crippen molar-refractivity contribution in [3.05, 3.63) is 101 Å². The molecule has 0 saturated carbocycles. The molecular weight excluding hydrogens is 412 g/mol. The molecule has 0 heterocycles. The van der Waals surface area contributed by atoms with Gasteiger partial charge in [-0.1, -0.05) is 78.9 Å². The predicted octanol–water partition coefficient (Wildman–Crippen LogP) is 3.73. The third-order valence-electron chi connectivity index (χ3n) is 5.75. The fourth-order valence-corrected chi connectivity index (χ4v) is 4.04. The van der Waals surface area contributed by atoms with Gasteiger partial charge in [0, 0.05) is 6.04 Å². The molecule has 0 saturated heterocycles. The Kier molecular flexibility index (Phi) is 9.04. The van der Waals surface area contributed by atoms with Gasteiger partial charge >= 0.3 is 0 Å². The molecule has 0 spiro atoms. The van der Waals surface area contributed by atoms with Crippen LogP contribution in [-0.4, -0.2) is 35.8 Å². The standard InChI is InChI=1S/C28H34N2O3/c1-20-10-9-11-21(2)28(20)33-19-27(32)30-25(17-23-14-7-4-8-15-23)26(31)18-24(29)16-22-12-5-3-6-13-22/h3-15,24-26,31H,16-19,29H2,1-2H3,(H,30,32)/t24-,25-,26?/m0/s1. The van der Waals surface area contributed by atoms with Gasteiger partial charge < -0.3 is 20.9 Å². The van der Waals surface area contributed by atoms with E-state index in [1.54, 1.807) is 0 Å². The number of nitrogens with two attached hydrogens (primary N) is 1. The number of hydrogen-bond donors (Lipinski definition) is 3. The van der Waals surface area contributed by atoms with Crippen LogP contribution in [0, 0.1) is 13.8 Å². The Hall–Kier alpha value is -3.15. The molecule has 0 bridgehead atoms. The third kappa shape index (κ3) is 7.74. The number of para-hydroxylation sites is 1. The molecule has 3 rings (SSSR count). The van der Waals surface area contributed by atoms with Crippen molar-refractivity contribution >= 4 is 5.91 Å². The molecule has 5 heteroatoms. The second kappa shape index (κ2) is 12.2. The summed E-state index contributed by atoms with van der Waals surface area (Å²) in [6.07, 6.45) is 0.771. The molecule has 0 aromatic heterocycles. The van der Waals surface area contributed by atoms with E-state index in [0.29, 0.717) is 19.3 Å². The first-order chi connectivity index (χ1) is 15.9. The normalized spacial score (nSPS) is 13.7. The lowest BCUT2D eigenvalue weighted by atomic mass is 9.94.